The standard InChI is InChI=1S/C16H24N2/c1-8(2)15-11(5)12(6)16-14(17)10(4)9(3)13(7)18(15)16/h8H,17H2,1-7H3. The molecule has 18 heavy (non-hydrogen) atoms. The summed E-state index contributed by atoms with van der Waals surface area (Å²) in [5.74, 6) is 0.506. The number of fused-ring (bicyclic) bond motifs is 1. The van der Waals surface area contributed by atoms with Gasteiger partial charge in [-0.15, -0.1) is 0 Å². The van der Waals surface area contributed by atoms with Crippen LogP contribution in [0.25, 0.3) is 5.52 Å². The van der Waals surface area contributed by atoms with E-state index >= 15 is 0 Å². The van der Waals surface area contributed by atoms with Gasteiger partial charge < -0.3 is 10.1 Å². The number of hydrogen-bond donors (Lipinski definition) is 1. The third kappa shape index (κ3) is 1.48. The van der Waals surface area contributed by atoms with Crippen molar-refractivity contribution in [1.29, 1.82) is 0 Å². The van der Waals surface area contributed by atoms with E-state index in [1.165, 1.54) is 39.2 Å². The molecule has 2 aromatic heterocycles. The summed E-state index contributed by atoms with van der Waals surface area (Å²) in [6, 6.07) is 0. The second kappa shape index (κ2) is 4.04. The van der Waals surface area contributed by atoms with Crippen molar-refractivity contribution >= 4 is 11.2 Å². The van der Waals surface area contributed by atoms with Crippen molar-refractivity contribution < 1.29 is 0 Å². The van der Waals surface area contributed by atoms with Crippen LogP contribution in [0.5, 0.6) is 0 Å². The van der Waals surface area contributed by atoms with E-state index in [0.29, 0.717) is 5.92 Å². The average Bonchev–Trinajstić information content (AvgIpc) is 2.57. The molecule has 0 atom stereocenters. The number of aromatic nitrogens is 1. The normalized spacial score (nSPS) is 11.8. The molecule has 2 rings (SSSR count). The van der Waals surface area contributed by atoms with Gasteiger partial charge in [0.1, 0.15) is 0 Å². The average molecular weight is 244 g/mol. The lowest BCUT2D eigenvalue weighted by atomic mass is 10.0. The number of aryl methyl sites for hydroxylation is 2. The van der Waals surface area contributed by atoms with Crippen molar-refractivity contribution in [2.24, 2.45) is 0 Å². The molecular weight excluding hydrogens is 220 g/mol. The van der Waals surface area contributed by atoms with Crippen LogP contribution in [0, 0.1) is 34.6 Å². The number of rotatable bonds is 1. The fourth-order valence-corrected chi connectivity index (χ4v) is 3.01. The minimum Gasteiger partial charge on any atom is -0.397 e. The van der Waals surface area contributed by atoms with Crippen molar-refractivity contribution in [3.8, 4) is 0 Å². The molecule has 0 spiro atoms. The van der Waals surface area contributed by atoms with Gasteiger partial charge >= 0.3 is 0 Å². The molecule has 2 aromatic rings. The second-order valence-electron chi connectivity index (χ2n) is 5.72. The molecule has 98 valence electrons. The van der Waals surface area contributed by atoms with Crippen molar-refractivity contribution in [3.63, 3.8) is 0 Å². The van der Waals surface area contributed by atoms with Crippen LogP contribution in [-0.2, 0) is 0 Å². The zero-order valence-electron chi connectivity index (χ0n) is 12.6. The zero-order chi connectivity index (χ0) is 13.8. The lowest BCUT2D eigenvalue weighted by Crippen LogP contribution is -2.06. The molecule has 0 aliphatic carbocycles. The van der Waals surface area contributed by atoms with Gasteiger partial charge in [-0.1, -0.05) is 13.8 Å². The van der Waals surface area contributed by atoms with Crippen LogP contribution >= 0.6 is 0 Å². The van der Waals surface area contributed by atoms with E-state index in [-0.39, 0.29) is 0 Å². The van der Waals surface area contributed by atoms with E-state index in [1.54, 1.807) is 0 Å². The lowest BCUT2D eigenvalue weighted by molar-refractivity contribution is 0.788. The largest absolute Gasteiger partial charge is 0.397 e. The van der Waals surface area contributed by atoms with Gasteiger partial charge in [0.15, 0.2) is 0 Å². The van der Waals surface area contributed by atoms with E-state index in [0.717, 1.165) is 5.69 Å². The number of nitrogens with two attached hydrogens (primary N) is 1. The third-order valence-corrected chi connectivity index (χ3v) is 4.41. The number of hydrogen-bond acceptors (Lipinski definition) is 1. The highest BCUT2D eigenvalue weighted by molar-refractivity contribution is 5.81. The smallest absolute Gasteiger partial charge is 0.0721 e. The Bertz CT molecular complexity index is 631. The summed E-state index contributed by atoms with van der Waals surface area (Å²) in [5.41, 5.74) is 16.4. The Hall–Kier alpha value is -1.44. The molecule has 0 fully saturated rings. The van der Waals surface area contributed by atoms with E-state index in [1.807, 2.05) is 0 Å². The summed E-state index contributed by atoms with van der Waals surface area (Å²) >= 11 is 0. The summed E-state index contributed by atoms with van der Waals surface area (Å²) in [7, 11) is 0. The predicted molar refractivity (Wildman–Crippen MR) is 79.6 cm³/mol. The third-order valence-electron chi connectivity index (χ3n) is 4.41. The molecule has 0 saturated heterocycles. The fraction of sp³-hybridized carbons (Fsp3) is 0.500. The first-order valence-electron chi connectivity index (χ1n) is 6.65. The highest BCUT2D eigenvalue weighted by Gasteiger charge is 2.20. The SMILES string of the molecule is Cc1c(C)c(C)n2c(C(C)C)c(C)c(C)c2c1N. The summed E-state index contributed by atoms with van der Waals surface area (Å²) in [6.07, 6.45) is 0. The Morgan fingerprint density at radius 2 is 1.39 bits per heavy atom. The van der Waals surface area contributed by atoms with Crippen molar-refractivity contribution in [2.45, 2.75) is 54.4 Å². The van der Waals surface area contributed by atoms with Gasteiger partial charge in [-0.05, 0) is 62.8 Å². The van der Waals surface area contributed by atoms with Crippen molar-refractivity contribution in [1.82, 2.24) is 4.40 Å². The van der Waals surface area contributed by atoms with Gasteiger partial charge in [0.25, 0.3) is 0 Å². The molecule has 0 saturated carbocycles. The Balaban J connectivity index is 3.11. The van der Waals surface area contributed by atoms with Crippen LogP contribution in [0.2, 0.25) is 0 Å². The van der Waals surface area contributed by atoms with Crippen LogP contribution in [0.4, 0.5) is 5.69 Å². The van der Waals surface area contributed by atoms with Gasteiger partial charge in [-0.3, -0.25) is 0 Å². The minimum absolute atomic E-state index is 0.506. The molecule has 2 N–H and O–H groups in total. The molecule has 2 heteroatoms. The molecule has 0 aromatic carbocycles. The first-order valence-corrected chi connectivity index (χ1v) is 6.65. The molecule has 0 amide bonds. The predicted octanol–water partition coefficient (Wildman–Crippen LogP) is 4.19. The summed E-state index contributed by atoms with van der Waals surface area (Å²) in [6.45, 7) is 15.4. The molecule has 2 nitrogen and oxygen atoms in total. The second-order valence-corrected chi connectivity index (χ2v) is 5.72. The quantitative estimate of drug-likeness (QED) is 0.801. The van der Waals surface area contributed by atoms with Crippen LogP contribution < -0.4 is 5.73 Å². The van der Waals surface area contributed by atoms with Crippen molar-refractivity contribution in [2.75, 3.05) is 5.73 Å². The summed E-state index contributed by atoms with van der Waals surface area (Å²) < 4.78 is 2.37. The lowest BCUT2D eigenvalue weighted by Gasteiger charge is -2.17. The van der Waals surface area contributed by atoms with Crippen LogP contribution in [0.15, 0.2) is 0 Å². The number of pyridine rings is 1. The van der Waals surface area contributed by atoms with Crippen molar-refractivity contribution in [3.05, 3.63) is 33.6 Å². The monoisotopic (exact) mass is 244 g/mol. The highest BCUT2D eigenvalue weighted by Crippen LogP contribution is 2.35. The maximum Gasteiger partial charge on any atom is 0.0721 e. The number of nitrogens with zero attached hydrogens (tertiary/aromatic N) is 1. The van der Waals surface area contributed by atoms with E-state index in [9.17, 15) is 0 Å². The van der Waals surface area contributed by atoms with Gasteiger partial charge in [-0.25, -0.2) is 0 Å². The maximum absolute atomic E-state index is 6.35. The molecule has 0 unspecified atom stereocenters. The first-order chi connectivity index (χ1) is 8.29. The fourth-order valence-electron chi connectivity index (χ4n) is 3.01. The molecule has 2 heterocycles. The first kappa shape index (κ1) is 13.0. The molecular formula is C16H24N2. The minimum atomic E-state index is 0.506. The van der Waals surface area contributed by atoms with Crippen LogP contribution in [0.1, 0.15) is 53.4 Å². The number of anilines is 1. The Labute approximate surface area is 110 Å². The van der Waals surface area contributed by atoms with E-state index in [2.05, 4.69) is 52.9 Å². The van der Waals surface area contributed by atoms with Gasteiger partial charge in [0.2, 0.25) is 0 Å². The highest BCUT2D eigenvalue weighted by atomic mass is 14.9. The Morgan fingerprint density at radius 3 is 1.89 bits per heavy atom. The van der Waals surface area contributed by atoms with Gasteiger partial charge in [0, 0.05) is 11.4 Å². The van der Waals surface area contributed by atoms with Crippen LogP contribution in [-0.4, -0.2) is 4.40 Å². The molecule has 0 bridgehead atoms. The van der Waals surface area contributed by atoms with E-state index in [4.69, 9.17) is 5.73 Å². The Morgan fingerprint density at radius 1 is 0.833 bits per heavy atom. The molecule has 0 aliphatic rings. The summed E-state index contributed by atoms with van der Waals surface area (Å²) in [5, 5.41) is 0. The number of nitrogen functional groups attached to an aromatic ring is 1. The molecule has 0 aliphatic heterocycles. The van der Waals surface area contributed by atoms with Gasteiger partial charge in [0.05, 0.1) is 11.2 Å². The van der Waals surface area contributed by atoms with E-state index < -0.39 is 0 Å². The van der Waals surface area contributed by atoms with Gasteiger partial charge in [-0.2, -0.15) is 0 Å². The topological polar surface area (TPSA) is 30.4 Å². The van der Waals surface area contributed by atoms with Crippen LogP contribution in [0.3, 0.4) is 0 Å². The Kier molecular flexibility index (Phi) is 2.92. The maximum atomic E-state index is 6.35. The summed E-state index contributed by atoms with van der Waals surface area (Å²) in [4.78, 5) is 0. The molecule has 0 radical (unpaired) electrons. The zero-order valence-corrected chi connectivity index (χ0v) is 12.6.